The van der Waals surface area contributed by atoms with Crippen molar-refractivity contribution in [1.29, 1.82) is 5.26 Å². The fourth-order valence-electron chi connectivity index (χ4n) is 2.57. The smallest absolute Gasteiger partial charge is 0.229 e. The second-order valence-corrected chi connectivity index (χ2v) is 5.21. The van der Waals surface area contributed by atoms with Gasteiger partial charge in [0, 0.05) is 17.9 Å². The maximum absolute atomic E-state index is 8.91. The molecule has 106 valence electrons. The van der Waals surface area contributed by atoms with Gasteiger partial charge in [0.05, 0.1) is 11.6 Å². The van der Waals surface area contributed by atoms with E-state index in [9.17, 15) is 0 Å². The molecule has 5 heteroatoms. The Balaban J connectivity index is 1.71. The Morgan fingerprint density at radius 1 is 1.19 bits per heavy atom. The van der Waals surface area contributed by atoms with Gasteiger partial charge in [-0.25, -0.2) is 4.98 Å². The number of nitriles is 1. The lowest BCUT2D eigenvalue weighted by molar-refractivity contribution is 0.750. The van der Waals surface area contributed by atoms with Crippen molar-refractivity contribution < 1.29 is 0 Å². The molecule has 0 saturated heterocycles. The Bertz CT molecular complexity index is 656. The Hall–Kier alpha value is -2.61. The lowest BCUT2D eigenvalue weighted by Crippen LogP contribution is -2.15. The van der Waals surface area contributed by atoms with Gasteiger partial charge in [-0.15, -0.1) is 0 Å². The molecule has 0 atom stereocenters. The van der Waals surface area contributed by atoms with E-state index in [2.05, 4.69) is 26.7 Å². The van der Waals surface area contributed by atoms with E-state index in [4.69, 9.17) is 5.26 Å². The third-order valence-corrected chi connectivity index (χ3v) is 3.61. The van der Waals surface area contributed by atoms with Crippen LogP contribution in [0.5, 0.6) is 0 Å². The standard InChI is InChI=1S/C16H17N5/c17-11-12-4-3-7-14(10-12)20-16-18-9-8-15(21-16)19-13-5-1-2-6-13/h3-4,7-10,13H,1-2,5-6H2,(H2,18,19,20,21). The van der Waals surface area contributed by atoms with E-state index in [1.807, 2.05) is 18.2 Å². The van der Waals surface area contributed by atoms with Crippen molar-refractivity contribution >= 4 is 17.5 Å². The summed E-state index contributed by atoms with van der Waals surface area (Å²) in [6, 6.07) is 11.8. The second-order valence-electron chi connectivity index (χ2n) is 5.21. The highest BCUT2D eigenvalue weighted by Gasteiger charge is 2.15. The molecule has 1 aromatic heterocycles. The Morgan fingerprint density at radius 2 is 2.05 bits per heavy atom. The topological polar surface area (TPSA) is 73.6 Å². The lowest BCUT2D eigenvalue weighted by atomic mass is 10.2. The van der Waals surface area contributed by atoms with Crippen LogP contribution >= 0.6 is 0 Å². The molecule has 3 rings (SSSR count). The number of hydrogen-bond acceptors (Lipinski definition) is 5. The molecule has 1 heterocycles. The number of rotatable bonds is 4. The first-order valence-corrected chi connectivity index (χ1v) is 7.20. The predicted molar refractivity (Wildman–Crippen MR) is 82.4 cm³/mol. The summed E-state index contributed by atoms with van der Waals surface area (Å²) in [4.78, 5) is 8.69. The summed E-state index contributed by atoms with van der Waals surface area (Å²) in [6.45, 7) is 0. The maximum atomic E-state index is 8.91. The lowest BCUT2D eigenvalue weighted by Gasteiger charge is -2.13. The van der Waals surface area contributed by atoms with Gasteiger partial charge in [0.15, 0.2) is 0 Å². The maximum Gasteiger partial charge on any atom is 0.229 e. The molecule has 0 amide bonds. The van der Waals surface area contributed by atoms with Crippen LogP contribution in [0.2, 0.25) is 0 Å². The molecule has 0 radical (unpaired) electrons. The number of benzene rings is 1. The third kappa shape index (κ3) is 3.48. The van der Waals surface area contributed by atoms with E-state index in [1.165, 1.54) is 25.7 Å². The van der Waals surface area contributed by atoms with Gasteiger partial charge in [-0.1, -0.05) is 18.9 Å². The van der Waals surface area contributed by atoms with E-state index in [0.29, 0.717) is 17.6 Å². The van der Waals surface area contributed by atoms with Crippen molar-refractivity contribution in [2.45, 2.75) is 31.7 Å². The number of nitrogens with zero attached hydrogens (tertiary/aromatic N) is 3. The summed E-state index contributed by atoms with van der Waals surface area (Å²) in [7, 11) is 0. The largest absolute Gasteiger partial charge is 0.367 e. The minimum absolute atomic E-state index is 0.523. The van der Waals surface area contributed by atoms with Crippen LogP contribution in [-0.2, 0) is 0 Å². The van der Waals surface area contributed by atoms with E-state index < -0.39 is 0 Å². The number of hydrogen-bond donors (Lipinski definition) is 2. The van der Waals surface area contributed by atoms with Crippen LogP contribution < -0.4 is 10.6 Å². The van der Waals surface area contributed by atoms with Gasteiger partial charge in [-0.3, -0.25) is 0 Å². The second kappa shape index (κ2) is 6.23. The van der Waals surface area contributed by atoms with Crippen LogP contribution in [0.4, 0.5) is 17.5 Å². The Morgan fingerprint density at radius 3 is 2.86 bits per heavy atom. The van der Waals surface area contributed by atoms with Crippen molar-refractivity contribution in [3.63, 3.8) is 0 Å². The normalized spacial score (nSPS) is 14.6. The summed E-state index contributed by atoms with van der Waals surface area (Å²) in [5.74, 6) is 1.38. The molecule has 0 unspecified atom stereocenters. The molecule has 1 aliphatic rings. The summed E-state index contributed by atoms with van der Waals surface area (Å²) in [5.41, 5.74) is 1.42. The van der Waals surface area contributed by atoms with Crippen molar-refractivity contribution in [2.75, 3.05) is 10.6 Å². The first-order chi connectivity index (χ1) is 10.3. The van der Waals surface area contributed by atoms with Crippen LogP contribution in [0.25, 0.3) is 0 Å². The molecular formula is C16H17N5. The van der Waals surface area contributed by atoms with E-state index >= 15 is 0 Å². The van der Waals surface area contributed by atoms with Crippen molar-refractivity contribution in [1.82, 2.24) is 9.97 Å². The van der Waals surface area contributed by atoms with Crippen molar-refractivity contribution in [3.8, 4) is 6.07 Å². The molecule has 2 N–H and O–H groups in total. The summed E-state index contributed by atoms with van der Waals surface area (Å²) >= 11 is 0. The molecule has 21 heavy (non-hydrogen) atoms. The molecule has 5 nitrogen and oxygen atoms in total. The van der Waals surface area contributed by atoms with Gasteiger partial charge in [0.1, 0.15) is 5.82 Å². The van der Waals surface area contributed by atoms with Crippen LogP contribution in [-0.4, -0.2) is 16.0 Å². The van der Waals surface area contributed by atoms with Gasteiger partial charge < -0.3 is 10.6 Å². The minimum Gasteiger partial charge on any atom is -0.367 e. The number of aromatic nitrogens is 2. The molecule has 1 aromatic carbocycles. The predicted octanol–water partition coefficient (Wildman–Crippen LogP) is 3.45. The molecule has 1 aliphatic carbocycles. The van der Waals surface area contributed by atoms with Crippen LogP contribution in [0.1, 0.15) is 31.2 Å². The zero-order valence-electron chi connectivity index (χ0n) is 11.7. The first kappa shape index (κ1) is 13.4. The SMILES string of the molecule is N#Cc1cccc(Nc2nccc(NC3CCCC3)n2)c1. The molecule has 0 aliphatic heterocycles. The fraction of sp³-hybridized carbons (Fsp3) is 0.312. The summed E-state index contributed by atoms with van der Waals surface area (Å²) in [5, 5.41) is 15.5. The third-order valence-electron chi connectivity index (χ3n) is 3.61. The fourth-order valence-corrected chi connectivity index (χ4v) is 2.57. The first-order valence-electron chi connectivity index (χ1n) is 7.20. The minimum atomic E-state index is 0.523. The molecular weight excluding hydrogens is 262 g/mol. The van der Waals surface area contributed by atoms with Gasteiger partial charge in [-0.2, -0.15) is 10.2 Å². The zero-order valence-corrected chi connectivity index (χ0v) is 11.7. The van der Waals surface area contributed by atoms with Crippen LogP contribution in [0.3, 0.4) is 0 Å². The Labute approximate surface area is 124 Å². The van der Waals surface area contributed by atoms with Crippen molar-refractivity contribution in [2.24, 2.45) is 0 Å². The molecule has 0 spiro atoms. The molecule has 1 saturated carbocycles. The molecule has 1 fully saturated rings. The van der Waals surface area contributed by atoms with E-state index in [1.54, 1.807) is 18.3 Å². The molecule has 2 aromatic rings. The quantitative estimate of drug-likeness (QED) is 0.896. The highest BCUT2D eigenvalue weighted by Crippen LogP contribution is 2.22. The van der Waals surface area contributed by atoms with E-state index in [-0.39, 0.29) is 0 Å². The molecule has 0 bridgehead atoms. The summed E-state index contributed by atoms with van der Waals surface area (Å²) < 4.78 is 0. The van der Waals surface area contributed by atoms with Crippen molar-refractivity contribution in [3.05, 3.63) is 42.1 Å². The highest BCUT2D eigenvalue weighted by molar-refractivity contribution is 5.57. The number of anilines is 3. The number of nitrogens with one attached hydrogen (secondary N) is 2. The monoisotopic (exact) mass is 279 g/mol. The van der Waals surface area contributed by atoms with Crippen LogP contribution in [0.15, 0.2) is 36.5 Å². The average molecular weight is 279 g/mol. The van der Waals surface area contributed by atoms with Gasteiger partial charge in [-0.05, 0) is 37.1 Å². The van der Waals surface area contributed by atoms with Gasteiger partial charge in [0.25, 0.3) is 0 Å². The van der Waals surface area contributed by atoms with Crippen LogP contribution in [0, 0.1) is 11.3 Å². The van der Waals surface area contributed by atoms with E-state index in [0.717, 1.165) is 11.5 Å². The highest BCUT2D eigenvalue weighted by atomic mass is 15.1. The van der Waals surface area contributed by atoms with Gasteiger partial charge >= 0.3 is 0 Å². The van der Waals surface area contributed by atoms with Gasteiger partial charge in [0.2, 0.25) is 5.95 Å². The Kier molecular flexibility index (Phi) is 3.97. The summed E-state index contributed by atoms with van der Waals surface area (Å²) in [6.07, 6.45) is 6.72. The average Bonchev–Trinajstić information content (AvgIpc) is 3.01. The zero-order chi connectivity index (χ0) is 14.5.